The molecule has 0 bridgehead atoms. The molecule has 1 aromatic carbocycles. The highest BCUT2D eigenvalue weighted by atomic mass is 16.7. The van der Waals surface area contributed by atoms with Gasteiger partial charge >= 0.3 is 7.12 Å². The van der Waals surface area contributed by atoms with E-state index in [1.165, 1.54) is 12.8 Å². The zero-order chi connectivity index (χ0) is 20.4. The second-order valence-electron chi connectivity index (χ2n) is 9.80. The lowest BCUT2D eigenvalue weighted by molar-refractivity contribution is -0.117. The van der Waals surface area contributed by atoms with Crippen LogP contribution in [0.3, 0.4) is 0 Å². The Balaban J connectivity index is 1.37. The second kappa shape index (κ2) is 6.16. The van der Waals surface area contributed by atoms with E-state index in [2.05, 4.69) is 50.9 Å². The fraction of sp³-hybridized carbons (Fsp3) is 0.478. The van der Waals surface area contributed by atoms with Gasteiger partial charge in [0.05, 0.1) is 11.2 Å². The summed E-state index contributed by atoms with van der Waals surface area (Å²) in [7, 11) is -0.427. The number of carbonyl (C=O) groups excluding carboxylic acids is 1. The van der Waals surface area contributed by atoms with E-state index in [1.54, 1.807) is 6.20 Å². The van der Waals surface area contributed by atoms with Gasteiger partial charge in [0.25, 0.3) is 0 Å². The summed E-state index contributed by atoms with van der Waals surface area (Å²) in [5.74, 6) is 0.250. The Morgan fingerprint density at radius 1 is 0.966 bits per heavy atom. The molecule has 3 aliphatic rings. The lowest BCUT2D eigenvalue weighted by Gasteiger charge is -2.32. The molecule has 0 atom stereocenters. The van der Waals surface area contributed by atoms with E-state index in [0.29, 0.717) is 6.42 Å². The number of nitrogens with zero attached hydrogens (tertiary/aromatic N) is 2. The van der Waals surface area contributed by atoms with Crippen molar-refractivity contribution in [3.8, 4) is 11.1 Å². The summed E-state index contributed by atoms with van der Waals surface area (Å²) in [5, 5.41) is 0. The fourth-order valence-corrected chi connectivity index (χ4v) is 4.20. The van der Waals surface area contributed by atoms with Crippen LogP contribution in [0.15, 0.2) is 42.7 Å². The van der Waals surface area contributed by atoms with Crippen LogP contribution in [0.2, 0.25) is 0 Å². The Labute approximate surface area is 172 Å². The predicted octanol–water partition coefficient (Wildman–Crippen LogP) is 3.56. The molecule has 1 aliphatic carbocycles. The van der Waals surface area contributed by atoms with Crippen molar-refractivity contribution >= 4 is 24.2 Å². The minimum absolute atomic E-state index is 0.250. The first-order valence-corrected chi connectivity index (χ1v) is 10.4. The van der Waals surface area contributed by atoms with Gasteiger partial charge in [0.2, 0.25) is 5.91 Å². The summed E-state index contributed by atoms with van der Waals surface area (Å²) < 4.78 is 12.3. The number of carbonyl (C=O) groups is 1. The van der Waals surface area contributed by atoms with Gasteiger partial charge in [-0.25, -0.2) is 0 Å². The topological polar surface area (TPSA) is 51.7 Å². The number of anilines is 1. The molecule has 0 radical (unpaired) electrons. The average Bonchev–Trinajstić information content (AvgIpc) is 3.29. The van der Waals surface area contributed by atoms with Crippen LogP contribution in [-0.4, -0.2) is 35.8 Å². The van der Waals surface area contributed by atoms with Crippen molar-refractivity contribution in [2.75, 3.05) is 11.4 Å². The number of aromatic nitrogens is 1. The monoisotopic (exact) mass is 390 g/mol. The highest BCUT2D eigenvalue weighted by Crippen LogP contribution is 2.53. The molecule has 3 heterocycles. The third kappa shape index (κ3) is 3.19. The number of rotatable bonds is 3. The van der Waals surface area contributed by atoms with Crippen LogP contribution in [0.5, 0.6) is 0 Å². The van der Waals surface area contributed by atoms with Gasteiger partial charge in [-0.1, -0.05) is 18.2 Å². The lowest BCUT2D eigenvalue weighted by atomic mass is 9.79. The minimum Gasteiger partial charge on any atom is -0.399 e. The van der Waals surface area contributed by atoms with E-state index in [-0.39, 0.29) is 22.5 Å². The number of benzene rings is 1. The zero-order valence-corrected chi connectivity index (χ0v) is 17.6. The highest BCUT2D eigenvalue weighted by Gasteiger charge is 2.52. The third-order valence-electron chi connectivity index (χ3n) is 7.08. The van der Waals surface area contributed by atoms with Crippen molar-refractivity contribution in [3.63, 3.8) is 0 Å². The quantitative estimate of drug-likeness (QED) is 0.752. The molecule has 2 aromatic rings. The van der Waals surface area contributed by atoms with Gasteiger partial charge in [-0.05, 0) is 69.2 Å². The first-order valence-electron chi connectivity index (χ1n) is 10.4. The maximum atomic E-state index is 12.4. The van der Waals surface area contributed by atoms with Gasteiger partial charge in [-0.2, -0.15) is 0 Å². The third-order valence-corrected chi connectivity index (χ3v) is 7.08. The fourth-order valence-electron chi connectivity index (χ4n) is 4.20. The molecule has 1 saturated carbocycles. The van der Waals surface area contributed by atoms with Crippen molar-refractivity contribution < 1.29 is 14.1 Å². The molecule has 2 saturated heterocycles. The van der Waals surface area contributed by atoms with Gasteiger partial charge in [-0.3, -0.25) is 9.78 Å². The van der Waals surface area contributed by atoms with Crippen LogP contribution < -0.4 is 10.4 Å². The summed E-state index contributed by atoms with van der Waals surface area (Å²) in [6.45, 7) is 9.07. The van der Waals surface area contributed by atoms with Crippen molar-refractivity contribution in [3.05, 3.63) is 42.7 Å². The number of pyridine rings is 1. The van der Waals surface area contributed by atoms with E-state index >= 15 is 0 Å². The molecule has 0 N–H and O–H groups in total. The molecule has 150 valence electrons. The Morgan fingerprint density at radius 3 is 2.21 bits per heavy atom. The zero-order valence-electron chi connectivity index (χ0n) is 17.6. The summed E-state index contributed by atoms with van der Waals surface area (Å²) in [5.41, 5.74) is 3.49. The lowest BCUT2D eigenvalue weighted by Crippen LogP contribution is -2.41. The molecule has 2 aliphatic heterocycles. The molecular weight excluding hydrogens is 363 g/mol. The molecule has 29 heavy (non-hydrogen) atoms. The van der Waals surface area contributed by atoms with Crippen LogP contribution in [0, 0.1) is 5.41 Å². The maximum Gasteiger partial charge on any atom is 0.496 e. The molecule has 0 unspecified atom stereocenters. The maximum absolute atomic E-state index is 12.4. The summed E-state index contributed by atoms with van der Waals surface area (Å²) in [6.07, 6.45) is 6.73. The Morgan fingerprint density at radius 2 is 1.62 bits per heavy atom. The van der Waals surface area contributed by atoms with Crippen LogP contribution in [0.1, 0.15) is 47.0 Å². The van der Waals surface area contributed by atoms with E-state index in [1.807, 2.05) is 23.2 Å². The summed E-state index contributed by atoms with van der Waals surface area (Å²) in [6, 6.07) is 10.3. The molecule has 1 aromatic heterocycles. The van der Waals surface area contributed by atoms with Gasteiger partial charge in [0, 0.05) is 36.5 Å². The van der Waals surface area contributed by atoms with Crippen molar-refractivity contribution in [2.45, 2.75) is 58.2 Å². The molecule has 1 spiro atoms. The second-order valence-corrected chi connectivity index (χ2v) is 9.80. The van der Waals surface area contributed by atoms with E-state index in [9.17, 15) is 4.79 Å². The van der Waals surface area contributed by atoms with Crippen LogP contribution in [0.25, 0.3) is 11.1 Å². The van der Waals surface area contributed by atoms with E-state index in [4.69, 9.17) is 9.31 Å². The van der Waals surface area contributed by atoms with E-state index < -0.39 is 7.12 Å². The SMILES string of the molecule is CC1(C)OB(c2cncc(-c3ccc(N4CC5(CC5)CC4=O)cc3)c2)OC1(C)C. The number of amides is 1. The summed E-state index contributed by atoms with van der Waals surface area (Å²) in [4.78, 5) is 18.7. The van der Waals surface area contributed by atoms with Crippen molar-refractivity contribution in [2.24, 2.45) is 5.41 Å². The average molecular weight is 390 g/mol. The Bertz CT molecular complexity index is 950. The highest BCUT2D eigenvalue weighted by molar-refractivity contribution is 6.62. The van der Waals surface area contributed by atoms with Crippen molar-refractivity contribution in [1.82, 2.24) is 4.98 Å². The predicted molar refractivity (Wildman–Crippen MR) is 114 cm³/mol. The van der Waals surface area contributed by atoms with Gasteiger partial charge in [0.1, 0.15) is 0 Å². The van der Waals surface area contributed by atoms with Crippen LogP contribution >= 0.6 is 0 Å². The molecule has 5 nitrogen and oxygen atoms in total. The first-order chi connectivity index (χ1) is 13.7. The Kier molecular flexibility index (Phi) is 4.00. The molecule has 3 fully saturated rings. The van der Waals surface area contributed by atoms with Crippen LogP contribution in [0.4, 0.5) is 5.69 Å². The molecular formula is C23H27BN2O3. The normalized spacial score (nSPS) is 23.8. The van der Waals surface area contributed by atoms with Gasteiger partial charge in [-0.15, -0.1) is 0 Å². The van der Waals surface area contributed by atoms with Gasteiger partial charge < -0.3 is 14.2 Å². The number of hydrogen-bond acceptors (Lipinski definition) is 4. The molecule has 5 rings (SSSR count). The van der Waals surface area contributed by atoms with Crippen LogP contribution in [-0.2, 0) is 14.1 Å². The minimum atomic E-state index is -0.427. The molecule has 1 amide bonds. The largest absolute Gasteiger partial charge is 0.496 e. The smallest absolute Gasteiger partial charge is 0.399 e. The van der Waals surface area contributed by atoms with Gasteiger partial charge in [0.15, 0.2) is 0 Å². The first kappa shape index (κ1) is 18.8. The van der Waals surface area contributed by atoms with Crippen molar-refractivity contribution in [1.29, 1.82) is 0 Å². The van der Waals surface area contributed by atoms with E-state index in [0.717, 1.165) is 28.8 Å². The Hall–Kier alpha value is -2.18. The standard InChI is InChI=1S/C23H27BN2O3/c1-21(2)22(3,4)29-24(28-21)18-11-17(13-25-14-18)16-5-7-19(8-6-16)26-15-23(9-10-23)12-20(26)27/h5-8,11,13-14H,9-10,12,15H2,1-4H3. The molecule has 6 heteroatoms. The summed E-state index contributed by atoms with van der Waals surface area (Å²) >= 11 is 0. The number of hydrogen-bond donors (Lipinski definition) is 0.